The van der Waals surface area contributed by atoms with Crippen molar-refractivity contribution in [2.24, 2.45) is 0 Å². The van der Waals surface area contributed by atoms with E-state index >= 15 is 0 Å². The van der Waals surface area contributed by atoms with Gasteiger partial charge >= 0.3 is 5.97 Å². The van der Waals surface area contributed by atoms with E-state index in [1.54, 1.807) is 0 Å². The number of halogens is 1. The molecule has 96 valence electrons. The summed E-state index contributed by atoms with van der Waals surface area (Å²) >= 11 is -0.305. The Morgan fingerprint density at radius 2 is 2.17 bits per heavy atom. The van der Waals surface area contributed by atoms with E-state index in [0.29, 0.717) is 0 Å². The number of rotatable bonds is 5. The Morgan fingerprint density at radius 3 is 2.67 bits per heavy atom. The van der Waals surface area contributed by atoms with Gasteiger partial charge < -0.3 is 10.4 Å². The number of nitrogens with zero attached hydrogens (tertiary/aromatic N) is 1. The van der Waals surface area contributed by atoms with Crippen molar-refractivity contribution in [1.29, 1.82) is 0 Å². The van der Waals surface area contributed by atoms with E-state index in [9.17, 15) is 23.6 Å². The van der Waals surface area contributed by atoms with Crippen LogP contribution in [0.25, 0.3) is 0 Å². The van der Waals surface area contributed by atoms with E-state index in [4.69, 9.17) is 5.11 Å². The summed E-state index contributed by atoms with van der Waals surface area (Å²) in [6, 6.07) is 3.14. The molecule has 0 saturated heterocycles. The largest absolute Gasteiger partial charge is 0.480 e. The molecule has 0 heterocycles. The number of nitro benzene ring substituents is 1. The second-order valence-electron chi connectivity index (χ2n) is 3.09. The fourth-order valence-electron chi connectivity index (χ4n) is 1.12. The summed E-state index contributed by atoms with van der Waals surface area (Å²) < 4.78 is 12.4. The Kier molecular flexibility index (Phi) is 4.60. The zero-order chi connectivity index (χ0) is 13.7. The van der Waals surface area contributed by atoms with Crippen LogP contribution in [0.2, 0.25) is 0 Å². The molecule has 0 aromatic heterocycles. The molecular formula is C9H7FN2O5S. The minimum Gasteiger partial charge on any atom is -0.480 e. The number of aliphatic carboxylic acids is 1. The summed E-state index contributed by atoms with van der Waals surface area (Å²) in [6.07, 6.45) is 0. The number of carbonyl (C=O) groups excluding carboxylic acids is 1. The first-order chi connectivity index (χ1) is 8.45. The van der Waals surface area contributed by atoms with Crippen molar-refractivity contribution in [3.8, 4) is 0 Å². The Labute approximate surface area is 104 Å². The average molecular weight is 274 g/mol. The van der Waals surface area contributed by atoms with E-state index in [-0.39, 0.29) is 22.6 Å². The summed E-state index contributed by atoms with van der Waals surface area (Å²) in [5.41, 5.74) is -0.661. The molecule has 0 fully saturated rings. The Balaban J connectivity index is 2.97. The molecule has 0 bridgehead atoms. The molecule has 0 radical (unpaired) electrons. The van der Waals surface area contributed by atoms with Crippen LogP contribution in [0, 0.1) is 10.1 Å². The van der Waals surface area contributed by atoms with Gasteiger partial charge in [0.15, 0.2) is 0 Å². The molecule has 1 aromatic carbocycles. The zero-order valence-electron chi connectivity index (χ0n) is 8.75. The summed E-state index contributed by atoms with van der Waals surface area (Å²) in [6.45, 7) is -0.605. The number of nitrogens with one attached hydrogen (secondary N) is 1. The van der Waals surface area contributed by atoms with Gasteiger partial charge in [0.2, 0.25) is 0 Å². The van der Waals surface area contributed by atoms with Crippen molar-refractivity contribution in [3.63, 3.8) is 0 Å². The highest BCUT2D eigenvalue weighted by molar-refractivity contribution is 7.94. The zero-order valence-corrected chi connectivity index (χ0v) is 9.57. The molecule has 18 heavy (non-hydrogen) atoms. The smallest absolute Gasteiger partial charge is 0.322 e. The fraction of sp³-hybridized carbons (Fsp3) is 0.111. The van der Waals surface area contributed by atoms with Crippen LogP contribution in [0.15, 0.2) is 23.1 Å². The average Bonchev–Trinajstić information content (AvgIpc) is 2.34. The number of carbonyl (C=O) groups is 2. The highest BCUT2D eigenvalue weighted by Crippen LogP contribution is 2.30. The third-order valence-corrected chi connectivity index (χ3v) is 2.41. The third-order valence-electron chi connectivity index (χ3n) is 1.90. The number of nitro groups is 1. The first kappa shape index (κ1) is 13.9. The van der Waals surface area contributed by atoms with Crippen LogP contribution in [-0.4, -0.2) is 28.5 Å². The van der Waals surface area contributed by atoms with E-state index in [1.165, 1.54) is 6.07 Å². The quantitative estimate of drug-likeness (QED) is 0.620. The van der Waals surface area contributed by atoms with E-state index in [1.807, 2.05) is 5.32 Å². The van der Waals surface area contributed by atoms with E-state index in [0.717, 1.165) is 12.1 Å². The Bertz CT molecular complexity index is 508. The van der Waals surface area contributed by atoms with Gasteiger partial charge in [-0.2, -0.15) is 3.89 Å². The van der Waals surface area contributed by atoms with E-state index < -0.39 is 29.0 Å². The topological polar surface area (TPSA) is 110 Å². The van der Waals surface area contributed by atoms with Crippen LogP contribution in [0.4, 0.5) is 9.57 Å². The van der Waals surface area contributed by atoms with Crippen LogP contribution >= 0.6 is 12.1 Å². The maximum absolute atomic E-state index is 12.4. The molecule has 9 heteroatoms. The highest BCUT2D eigenvalue weighted by atomic mass is 32.2. The Morgan fingerprint density at radius 1 is 1.50 bits per heavy atom. The number of hydrogen-bond acceptors (Lipinski definition) is 5. The summed E-state index contributed by atoms with van der Waals surface area (Å²) in [7, 11) is 0. The van der Waals surface area contributed by atoms with Crippen molar-refractivity contribution < 1.29 is 23.5 Å². The lowest BCUT2D eigenvalue weighted by molar-refractivity contribution is -0.387. The Hall–Kier alpha value is -2.16. The van der Waals surface area contributed by atoms with Gasteiger partial charge in [0.25, 0.3) is 11.6 Å². The molecule has 1 rings (SSSR count). The van der Waals surface area contributed by atoms with Gasteiger partial charge in [0.05, 0.1) is 17.1 Å². The van der Waals surface area contributed by atoms with Crippen LogP contribution in [0.5, 0.6) is 0 Å². The van der Waals surface area contributed by atoms with Gasteiger partial charge in [-0.1, -0.05) is 0 Å². The van der Waals surface area contributed by atoms with Crippen molar-refractivity contribution in [2.45, 2.75) is 4.90 Å². The number of carboxylic acids is 1. The first-order valence-electron chi connectivity index (χ1n) is 4.52. The van der Waals surface area contributed by atoms with Gasteiger partial charge in [-0.25, -0.2) is 0 Å². The standard InChI is InChI=1S/C9H7FN2O5S/c10-18-7-2-1-5(3-6(7)12(16)17)9(15)11-4-8(13)14/h1-3H,4H2,(H,11,15)(H,13,14). The third kappa shape index (κ3) is 3.42. The summed E-state index contributed by atoms with van der Waals surface area (Å²) in [5.74, 6) is -2.02. The molecule has 0 atom stereocenters. The maximum Gasteiger partial charge on any atom is 0.322 e. The molecule has 0 aliphatic carbocycles. The van der Waals surface area contributed by atoms with Crippen LogP contribution in [0.1, 0.15) is 10.4 Å². The van der Waals surface area contributed by atoms with Gasteiger partial charge in [-0.3, -0.25) is 19.7 Å². The summed E-state index contributed by atoms with van der Waals surface area (Å²) in [5, 5.41) is 21.0. The first-order valence-corrected chi connectivity index (χ1v) is 5.24. The number of carboxylic acid groups (broad SMARTS) is 1. The van der Waals surface area contributed by atoms with Crippen molar-refractivity contribution in [3.05, 3.63) is 33.9 Å². The predicted molar refractivity (Wildman–Crippen MR) is 60.0 cm³/mol. The molecule has 0 saturated carbocycles. The monoisotopic (exact) mass is 274 g/mol. The van der Waals surface area contributed by atoms with Crippen LogP contribution in [0.3, 0.4) is 0 Å². The van der Waals surface area contributed by atoms with Crippen molar-refractivity contribution in [1.82, 2.24) is 5.32 Å². The number of amides is 1. The van der Waals surface area contributed by atoms with Gasteiger partial charge in [-0.05, 0) is 12.1 Å². The molecule has 7 nitrogen and oxygen atoms in total. The van der Waals surface area contributed by atoms with Gasteiger partial charge in [0, 0.05) is 11.6 Å². The molecule has 0 spiro atoms. The minimum atomic E-state index is -1.24. The van der Waals surface area contributed by atoms with Crippen LogP contribution < -0.4 is 5.32 Å². The second kappa shape index (κ2) is 5.96. The molecule has 1 aromatic rings. The highest BCUT2D eigenvalue weighted by Gasteiger charge is 2.18. The molecule has 0 aliphatic rings. The fourth-order valence-corrected chi connectivity index (χ4v) is 1.46. The normalized spacial score (nSPS) is 9.83. The van der Waals surface area contributed by atoms with Gasteiger partial charge in [0.1, 0.15) is 11.4 Å². The molecular weight excluding hydrogens is 267 g/mol. The molecule has 2 N–H and O–H groups in total. The van der Waals surface area contributed by atoms with Gasteiger partial charge in [-0.15, -0.1) is 0 Å². The van der Waals surface area contributed by atoms with Crippen LogP contribution in [-0.2, 0) is 4.79 Å². The lowest BCUT2D eigenvalue weighted by Crippen LogP contribution is -2.29. The SMILES string of the molecule is O=C(O)CNC(=O)c1ccc(SF)c([N+](=O)[O-])c1. The van der Waals surface area contributed by atoms with E-state index in [2.05, 4.69) is 0 Å². The molecule has 0 aliphatic heterocycles. The summed E-state index contributed by atoms with van der Waals surface area (Å²) in [4.78, 5) is 31.2. The lowest BCUT2D eigenvalue weighted by Gasteiger charge is -2.03. The molecule has 1 amide bonds. The maximum atomic E-state index is 12.4. The number of benzene rings is 1. The molecule has 0 unspecified atom stereocenters. The van der Waals surface area contributed by atoms with Crippen molar-refractivity contribution in [2.75, 3.05) is 6.54 Å². The number of hydrogen-bond donors (Lipinski definition) is 2. The minimum absolute atomic E-state index is 0.110. The van der Waals surface area contributed by atoms with Crippen molar-refractivity contribution >= 4 is 29.7 Å². The second-order valence-corrected chi connectivity index (χ2v) is 3.69. The predicted octanol–water partition coefficient (Wildman–Crippen LogP) is 1.39. The lowest BCUT2D eigenvalue weighted by atomic mass is 10.2.